The molecule has 1 aromatic carbocycles. The first kappa shape index (κ1) is 15.4. The summed E-state index contributed by atoms with van der Waals surface area (Å²) in [6.45, 7) is 2.55. The van der Waals surface area contributed by atoms with Crippen LogP contribution in [0.5, 0.6) is 5.75 Å². The van der Waals surface area contributed by atoms with Crippen molar-refractivity contribution in [3.05, 3.63) is 29.8 Å². The van der Waals surface area contributed by atoms with Gasteiger partial charge in [0.1, 0.15) is 5.75 Å². The molecule has 0 aliphatic carbocycles. The van der Waals surface area contributed by atoms with Crippen molar-refractivity contribution in [3.63, 3.8) is 0 Å². The van der Waals surface area contributed by atoms with Crippen molar-refractivity contribution in [3.8, 4) is 5.75 Å². The monoisotopic (exact) mass is 290 g/mol. The van der Waals surface area contributed by atoms with E-state index in [1.165, 1.54) is 0 Å². The molecule has 2 atom stereocenters. The Labute approximate surface area is 125 Å². The minimum Gasteiger partial charge on any atom is -0.497 e. The average molecular weight is 290 g/mol. The van der Waals surface area contributed by atoms with E-state index in [4.69, 9.17) is 4.74 Å². The van der Waals surface area contributed by atoms with Crippen LogP contribution in [-0.4, -0.2) is 49.4 Å². The summed E-state index contributed by atoms with van der Waals surface area (Å²) in [7, 11) is 5.07. The third-order valence-corrected chi connectivity index (χ3v) is 3.99. The Morgan fingerprint density at radius 2 is 1.95 bits per heavy atom. The first-order valence-electron chi connectivity index (χ1n) is 7.14. The Kier molecular flexibility index (Phi) is 4.50. The van der Waals surface area contributed by atoms with Crippen molar-refractivity contribution in [1.29, 1.82) is 0 Å². The summed E-state index contributed by atoms with van der Waals surface area (Å²) in [6, 6.07) is 7.40. The van der Waals surface area contributed by atoms with Crippen LogP contribution >= 0.6 is 0 Å². The van der Waals surface area contributed by atoms with E-state index in [1.54, 1.807) is 31.0 Å². The molecule has 1 saturated heterocycles. The van der Waals surface area contributed by atoms with E-state index in [9.17, 15) is 9.59 Å². The van der Waals surface area contributed by atoms with E-state index >= 15 is 0 Å². The third-order valence-electron chi connectivity index (χ3n) is 3.99. The van der Waals surface area contributed by atoms with Gasteiger partial charge in [0.2, 0.25) is 11.8 Å². The molecule has 1 aliphatic rings. The second kappa shape index (κ2) is 6.16. The van der Waals surface area contributed by atoms with Gasteiger partial charge >= 0.3 is 0 Å². The molecule has 5 heteroatoms. The van der Waals surface area contributed by atoms with Gasteiger partial charge in [0.25, 0.3) is 0 Å². The second-order valence-corrected chi connectivity index (χ2v) is 5.44. The quantitative estimate of drug-likeness (QED) is 0.848. The number of rotatable bonds is 4. The minimum atomic E-state index is -0.319. The van der Waals surface area contributed by atoms with Gasteiger partial charge < -0.3 is 14.5 Å². The second-order valence-electron chi connectivity index (χ2n) is 5.44. The van der Waals surface area contributed by atoms with Crippen molar-refractivity contribution in [1.82, 2.24) is 9.80 Å². The molecule has 0 spiro atoms. The normalized spacial score (nSPS) is 21.5. The SMILES string of the molecule is CCN1C(=O)C[C@@H](C(=O)N(C)C)[C@@H]1c1ccc(OC)cc1. The molecule has 0 saturated carbocycles. The van der Waals surface area contributed by atoms with Gasteiger partial charge in [0.05, 0.1) is 19.1 Å². The van der Waals surface area contributed by atoms with Crippen LogP contribution in [0.25, 0.3) is 0 Å². The third kappa shape index (κ3) is 2.86. The van der Waals surface area contributed by atoms with Gasteiger partial charge in [0.15, 0.2) is 0 Å². The van der Waals surface area contributed by atoms with Gasteiger partial charge in [-0.15, -0.1) is 0 Å². The molecule has 0 bridgehead atoms. The Balaban J connectivity index is 2.37. The summed E-state index contributed by atoms with van der Waals surface area (Å²) in [5.74, 6) is 0.487. The Hall–Kier alpha value is -2.04. The van der Waals surface area contributed by atoms with Gasteiger partial charge in [-0.25, -0.2) is 0 Å². The number of benzene rings is 1. The molecule has 1 heterocycles. The number of hydrogen-bond acceptors (Lipinski definition) is 3. The number of hydrogen-bond donors (Lipinski definition) is 0. The van der Waals surface area contributed by atoms with E-state index < -0.39 is 0 Å². The minimum absolute atomic E-state index is 0.000109. The molecule has 0 N–H and O–H groups in total. The molecule has 1 aliphatic heterocycles. The Morgan fingerprint density at radius 1 is 1.33 bits per heavy atom. The van der Waals surface area contributed by atoms with Crippen molar-refractivity contribution in [2.75, 3.05) is 27.7 Å². The van der Waals surface area contributed by atoms with Crippen LogP contribution in [0.15, 0.2) is 24.3 Å². The zero-order chi connectivity index (χ0) is 15.6. The van der Waals surface area contributed by atoms with Crippen LogP contribution in [0, 0.1) is 5.92 Å². The van der Waals surface area contributed by atoms with Crippen LogP contribution in [0.3, 0.4) is 0 Å². The van der Waals surface area contributed by atoms with Gasteiger partial charge in [0, 0.05) is 27.1 Å². The zero-order valence-electron chi connectivity index (χ0n) is 13.0. The maximum atomic E-state index is 12.4. The fourth-order valence-corrected chi connectivity index (χ4v) is 2.93. The van der Waals surface area contributed by atoms with Crippen LogP contribution < -0.4 is 4.74 Å². The highest BCUT2D eigenvalue weighted by Crippen LogP contribution is 2.39. The number of carbonyl (C=O) groups excluding carboxylic acids is 2. The molecule has 1 aromatic rings. The summed E-state index contributed by atoms with van der Waals surface area (Å²) < 4.78 is 5.16. The fraction of sp³-hybridized carbons (Fsp3) is 0.500. The lowest BCUT2D eigenvalue weighted by atomic mass is 9.92. The number of ether oxygens (including phenoxy) is 1. The van der Waals surface area contributed by atoms with Crippen LogP contribution in [-0.2, 0) is 9.59 Å². The van der Waals surface area contributed by atoms with E-state index in [-0.39, 0.29) is 30.2 Å². The van der Waals surface area contributed by atoms with E-state index in [2.05, 4.69) is 0 Å². The predicted octanol–water partition coefficient (Wildman–Crippen LogP) is 1.69. The van der Waals surface area contributed by atoms with Crippen molar-refractivity contribution < 1.29 is 14.3 Å². The van der Waals surface area contributed by atoms with E-state index in [1.807, 2.05) is 31.2 Å². The first-order valence-corrected chi connectivity index (χ1v) is 7.14. The van der Waals surface area contributed by atoms with Gasteiger partial charge in [-0.2, -0.15) is 0 Å². The summed E-state index contributed by atoms with van der Waals surface area (Å²) in [5, 5.41) is 0. The molecule has 0 unspecified atom stereocenters. The number of carbonyl (C=O) groups is 2. The first-order chi connectivity index (χ1) is 9.99. The molecule has 5 nitrogen and oxygen atoms in total. The zero-order valence-corrected chi connectivity index (χ0v) is 13.0. The molecule has 114 valence electrons. The fourth-order valence-electron chi connectivity index (χ4n) is 2.93. The smallest absolute Gasteiger partial charge is 0.228 e. The molecule has 2 amide bonds. The lowest BCUT2D eigenvalue weighted by molar-refractivity contribution is -0.134. The summed E-state index contributed by atoms with van der Waals surface area (Å²) >= 11 is 0. The Morgan fingerprint density at radius 3 is 2.43 bits per heavy atom. The molecule has 2 rings (SSSR count). The molecular formula is C16H22N2O3. The average Bonchev–Trinajstić information content (AvgIpc) is 2.82. The van der Waals surface area contributed by atoms with Gasteiger partial charge in [-0.3, -0.25) is 9.59 Å². The lowest BCUT2D eigenvalue weighted by Gasteiger charge is -2.28. The van der Waals surface area contributed by atoms with Crippen molar-refractivity contribution >= 4 is 11.8 Å². The number of likely N-dealkylation sites (tertiary alicyclic amines) is 1. The molecule has 21 heavy (non-hydrogen) atoms. The molecular weight excluding hydrogens is 268 g/mol. The summed E-state index contributed by atoms with van der Waals surface area (Å²) in [4.78, 5) is 27.9. The highest BCUT2D eigenvalue weighted by molar-refractivity contribution is 5.90. The topological polar surface area (TPSA) is 49.9 Å². The highest BCUT2D eigenvalue weighted by atomic mass is 16.5. The Bertz CT molecular complexity index is 525. The molecule has 1 fully saturated rings. The lowest BCUT2D eigenvalue weighted by Crippen LogP contribution is -2.35. The predicted molar refractivity (Wildman–Crippen MR) is 79.9 cm³/mol. The van der Waals surface area contributed by atoms with Crippen LogP contribution in [0.1, 0.15) is 24.9 Å². The highest BCUT2D eigenvalue weighted by Gasteiger charge is 2.44. The van der Waals surface area contributed by atoms with Gasteiger partial charge in [-0.05, 0) is 24.6 Å². The largest absolute Gasteiger partial charge is 0.497 e. The van der Waals surface area contributed by atoms with Crippen molar-refractivity contribution in [2.24, 2.45) is 5.92 Å². The van der Waals surface area contributed by atoms with Crippen LogP contribution in [0.4, 0.5) is 0 Å². The maximum absolute atomic E-state index is 12.4. The number of methoxy groups -OCH3 is 1. The molecule has 0 radical (unpaired) electrons. The molecule has 0 aromatic heterocycles. The van der Waals surface area contributed by atoms with E-state index in [0.717, 1.165) is 11.3 Å². The summed E-state index contributed by atoms with van der Waals surface area (Å²) in [6.07, 6.45) is 0.279. The number of nitrogens with zero attached hydrogens (tertiary/aromatic N) is 2. The van der Waals surface area contributed by atoms with E-state index in [0.29, 0.717) is 6.54 Å². The summed E-state index contributed by atoms with van der Waals surface area (Å²) in [5.41, 5.74) is 0.976. The van der Waals surface area contributed by atoms with Crippen molar-refractivity contribution in [2.45, 2.75) is 19.4 Å². The maximum Gasteiger partial charge on any atom is 0.228 e. The van der Waals surface area contributed by atoms with Crippen LogP contribution in [0.2, 0.25) is 0 Å². The van der Waals surface area contributed by atoms with Gasteiger partial charge in [-0.1, -0.05) is 12.1 Å². The standard InChI is InChI=1S/C16H22N2O3/c1-5-18-14(19)10-13(16(20)17(2)3)15(18)11-6-8-12(21-4)9-7-11/h6-9,13,15H,5,10H2,1-4H3/t13-,15+/m1/s1. The number of amides is 2.